The third-order valence-electron chi connectivity index (χ3n) is 3.22. The van der Waals surface area contributed by atoms with Gasteiger partial charge in [0.1, 0.15) is 5.82 Å². The van der Waals surface area contributed by atoms with Crippen LogP contribution in [0.25, 0.3) is 0 Å². The fourth-order valence-corrected chi connectivity index (χ4v) is 3.23. The van der Waals surface area contributed by atoms with Gasteiger partial charge >= 0.3 is 0 Å². The molecule has 4 nitrogen and oxygen atoms in total. The van der Waals surface area contributed by atoms with E-state index in [9.17, 15) is 12.8 Å². The zero-order valence-corrected chi connectivity index (χ0v) is 11.7. The Balaban J connectivity index is 1.95. The van der Waals surface area contributed by atoms with Crippen LogP contribution in [0, 0.1) is 12.7 Å². The van der Waals surface area contributed by atoms with Crippen LogP contribution < -0.4 is 4.72 Å². The molecule has 0 aromatic heterocycles. The van der Waals surface area contributed by atoms with Crippen molar-refractivity contribution in [1.82, 2.24) is 4.72 Å². The Labute approximate surface area is 113 Å². The largest absolute Gasteiger partial charge is 0.378 e. The minimum atomic E-state index is -3.56. The zero-order chi connectivity index (χ0) is 13.9. The van der Waals surface area contributed by atoms with Crippen LogP contribution in [0.2, 0.25) is 0 Å². The normalized spacial score (nSPS) is 19.8. The third-order valence-corrected chi connectivity index (χ3v) is 4.68. The van der Waals surface area contributed by atoms with Crippen molar-refractivity contribution in [2.45, 2.75) is 37.2 Å². The number of hydrogen-bond acceptors (Lipinski definition) is 3. The highest BCUT2D eigenvalue weighted by molar-refractivity contribution is 7.89. The van der Waals surface area contributed by atoms with E-state index in [1.54, 1.807) is 6.92 Å². The molecule has 1 saturated heterocycles. The van der Waals surface area contributed by atoms with E-state index in [0.717, 1.165) is 19.4 Å². The van der Waals surface area contributed by atoms with Gasteiger partial charge in [0.2, 0.25) is 10.0 Å². The Morgan fingerprint density at radius 1 is 1.47 bits per heavy atom. The van der Waals surface area contributed by atoms with E-state index < -0.39 is 15.8 Å². The topological polar surface area (TPSA) is 55.4 Å². The van der Waals surface area contributed by atoms with Crippen LogP contribution in [0.15, 0.2) is 23.1 Å². The monoisotopic (exact) mass is 287 g/mol. The van der Waals surface area contributed by atoms with Crippen LogP contribution in [0.4, 0.5) is 4.39 Å². The summed E-state index contributed by atoms with van der Waals surface area (Å²) in [5.41, 5.74) is 0.321. The number of hydrogen-bond donors (Lipinski definition) is 1. The molecule has 0 bridgehead atoms. The molecule has 2 rings (SSSR count). The highest BCUT2D eigenvalue weighted by Gasteiger charge is 2.18. The third kappa shape index (κ3) is 3.75. The molecule has 1 heterocycles. The number of nitrogens with one attached hydrogen (secondary N) is 1. The molecule has 1 aliphatic heterocycles. The molecule has 1 unspecified atom stereocenters. The van der Waals surface area contributed by atoms with E-state index in [1.165, 1.54) is 18.2 Å². The van der Waals surface area contributed by atoms with Crippen molar-refractivity contribution >= 4 is 10.0 Å². The highest BCUT2D eigenvalue weighted by atomic mass is 32.2. The standard InChI is InChI=1S/C13H18FNO3S/c1-10-9-12(4-5-13(10)14)19(16,17)15-7-6-11-3-2-8-18-11/h4-5,9,11,15H,2-3,6-8H2,1H3. The molecule has 19 heavy (non-hydrogen) atoms. The lowest BCUT2D eigenvalue weighted by Crippen LogP contribution is -2.27. The molecule has 6 heteroatoms. The second-order valence-electron chi connectivity index (χ2n) is 4.73. The smallest absolute Gasteiger partial charge is 0.240 e. The lowest BCUT2D eigenvalue weighted by atomic mass is 10.2. The maximum Gasteiger partial charge on any atom is 0.240 e. The number of halogens is 1. The number of benzene rings is 1. The maximum atomic E-state index is 13.1. The van der Waals surface area contributed by atoms with Gasteiger partial charge in [-0.05, 0) is 49.9 Å². The molecular weight excluding hydrogens is 269 g/mol. The molecule has 0 radical (unpaired) electrons. The van der Waals surface area contributed by atoms with Gasteiger partial charge in [0.25, 0.3) is 0 Å². The van der Waals surface area contributed by atoms with Crippen LogP contribution in [0.3, 0.4) is 0 Å². The van der Waals surface area contributed by atoms with E-state index in [1.807, 2.05) is 0 Å². The average molecular weight is 287 g/mol. The molecular formula is C13H18FNO3S. The Morgan fingerprint density at radius 2 is 2.26 bits per heavy atom. The van der Waals surface area contributed by atoms with Gasteiger partial charge in [-0.1, -0.05) is 0 Å². The Kier molecular flexibility index (Phi) is 4.54. The van der Waals surface area contributed by atoms with Crippen molar-refractivity contribution in [3.8, 4) is 0 Å². The fourth-order valence-electron chi connectivity index (χ4n) is 2.09. The summed E-state index contributed by atoms with van der Waals surface area (Å²) in [6.45, 7) is 2.64. The fraction of sp³-hybridized carbons (Fsp3) is 0.538. The summed E-state index contributed by atoms with van der Waals surface area (Å²) >= 11 is 0. The van der Waals surface area contributed by atoms with Gasteiger partial charge < -0.3 is 4.74 Å². The van der Waals surface area contributed by atoms with Crippen LogP contribution in [-0.2, 0) is 14.8 Å². The van der Waals surface area contributed by atoms with E-state index in [-0.39, 0.29) is 11.0 Å². The van der Waals surface area contributed by atoms with Crippen molar-refractivity contribution in [3.05, 3.63) is 29.6 Å². The number of sulfonamides is 1. The van der Waals surface area contributed by atoms with Crippen LogP contribution in [0.1, 0.15) is 24.8 Å². The minimum Gasteiger partial charge on any atom is -0.378 e. The van der Waals surface area contributed by atoms with Crippen molar-refractivity contribution < 1.29 is 17.5 Å². The second kappa shape index (κ2) is 5.98. The summed E-state index contributed by atoms with van der Waals surface area (Å²) < 4.78 is 45.0. The first-order chi connectivity index (χ1) is 8.99. The first kappa shape index (κ1) is 14.4. The molecule has 1 aromatic rings. The Morgan fingerprint density at radius 3 is 2.89 bits per heavy atom. The van der Waals surface area contributed by atoms with Crippen LogP contribution in [-0.4, -0.2) is 27.7 Å². The molecule has 0 spiro atoms. The average Bonchev–Trinajstić information content (AvgIpc) is 2.85. The highest BCUT2D eigenvalue weighted by Crippen LogP contribution is 2.16. The second-order valence-corrected chi connectivity index (χ2v) is 6.50. The molecule has 1 N–H and O–H groups in total. The summed E-state index contributed by atoms with van der Waals surface area (Å²) in [6, 6.07) is 3.78. The molecule has 1 fully saturated rings. The molecule has 1 aliphatic rings. The first-order valence-corrected chi connectivity index (χ1v) is 7.85. The molecule has 1 atom stereocenters. The molecule has 0 saturated carbocycles. The van der Waals surface area contributed by atoms with Gasteiger partial charge in [0.05, 0.1) is 11.0 Å². The van der Waals surface area contributed by atoms with Crippen molar-refractivity contribution in [2.75, 3.05) is 13.2 Å². The van der Waals surface area contributed by atoms with Crippen molar-refractivity contribution in [1.29, 1.82) is 0 Å². The molecule has 106 valence electrons. The summed E-state index contributed by atoms with van der Waals surface area (Å²) in [6.07, 6.45) is 2.84. The number of rotatable bonds is 5. The first-order valence-electron chi connectivity index (χ1n) is 6.36. The lowest BCUT2D eigenvalue weighted by Gasteiger charge is -2.11. The van der Waals surface area contributed by atoms with E-state index in [4.69, 9.17) is 4.74 Å². The van der Waals surface area contributed by atoms with Gasteiger partial charge in [-0.3, -0.25) is 0 Å². The Bertz CT molecular complexity index is 539. The van der Waals surface area contributed by atoms with Crippen LogP contribution in [0.5, 0.6) is 0 Å². The van der Waals surface area contributed by atoms with E-state index in [2.05, 4.69) is 4.72 Å². The van der Waals surface area contributed by atoms with Crippen LogP contribution >= 0.6 is 0 Å². The SMILES string of the molecule is Cc1cc(S(=O)(=O)NCCC2CCCO2)ccc1F. The summed E-state index contributed by atoms with van der Waals surface area (Å²) in [5, 5.41) is 0. The predicted molar refractivity (Wildman–Crippen MR) is 69.9 cm³/mol. The van der Waals surface area contributed by atoms with Crippen molar-refractivity contribution in [3.63, 3.8) is 0 Å². The summed E-state index contributed by atoms with van der Waals surface area (Å²) in [5.74, 6) is -0.404. The van der Waals surface area contributed by atoms with Gasteiger partial charge in [-0.15, -0.1) is 0 Å². The Hall–Kier alpha value is -0.980. The van der Waals surface area contributed by atoms with E-state index in [0.29, 0.717) is 18.5 Å². The molecule has 0 amide bonds. The van der Waals surface area contributed by atoms with E-state index >= 15 is 0 Å². The number of aryl methyl sites for hydroxylation is 1. The lowest BCUT2D eigenvalue weighted by molar-refractivity contribution is 0.105. The maximum absolute atomic E-state index is 13.1. The minimum absolute atomic E-state index is 0.0961. The van der Waals surface area contributed by atoms with Gasteiger partial charge in [0.15, 0.2) is 0 Å². The van der Waals surface area contributed by atoms with Gasteiger partial charge in [-0.2, -0.15) is 0 Å². The summed E-state index contributed by atoms with van der Waals surface area (Å²) in [7, 11) is -3.56. The zero-order valence-electron chi connectivity index (χ0n) is 10.9. The molecule has 1 aromatic carbocycles. The molecule has 0 aliphatic carbocycles. The predicted octanol–water partition coefficient (Wildman–Crippen LogP) is 1.98. The summed E-state index contributed by atoms with van der Waals surface area (Å²) in [4.78, 5) is 0.0961. The van der Waals surface area contributed by atoms with Gasteiger partial charge in [-0.25, -0.2) is 17.5 Å². The quantitative estimate of drug-likeness (QED) is 0.901. The van der Waals surface area contributed by atoms with Gasteiger partial charge in [0, 0.05) is 13.2 Å². The van der Waals surface area contributed by atoms with Crippen molar-refractivity contribution in [2.24, 2.45) is 0 Å². The number of ether oxygens (including phenoxy) is 1.